The van der Waals surface area contributed by atoms with Crippen LogP contribution in [-0.4, -0.2) is 23.2 Å². The van der Waals surface area contributed by atoms with Crippen LogP contribution in [0.5, 0.6) is 0 Å². The number of hydrogen-bond acceptors (Lipinski definition) is 3. The molecule has 0 spiro atoms. The summed E-state index contributed by atoms with van der Waals surface area (Å²) in [6, 6.07) is 13.3. The monoisotopic (exact) mass is 287 g/mol. The van der Waals surface area contributed by atoms with E-state index in [9.17, 15) is 9.59 Å². The second-order valence-electron chi connectivity index (χ2n) is 4.07. The molecule has 0 aliphatic heterocycles. The first-order chi connectivity index (χ1) is 9.60. The first-order valence-electron chi connectivity index (χ1n) is 5.89. The zero-order valence-corrected chi connectivity index (χ0v) is 11.6. The molecule has 0 heterocycles. The zero-order valence-electron chi connectivity index (χ0n) is 10.8. The highest BCUT2D eigenvalue weighted by atomic mass is 32.2. The van der Waals surface area contributed by atoms with Gasteiger partial charge < -0.3 is 10.4 Å². The number of rotatable bonds is 4. The molecule has 0 saturated carbocycles. The van der Waals surface area contributed by atoms with E-state index in [0.29, 0.717) is 11.3 Å². The summed E-state index contributed by atoms with van der Waals surface area (Å²) >= 11 is 1.63. The van der Waals surface area contributed by atoms with E-state index in [1.165, 1.54) is 24.3 Å². The molecule has 4 nitrogen and oxygen atoms in total. The van der Waals surface area contributed by atoms with Gasteiger partial charge in [-0.3, -0.25) is 4.79 Å². The van der Waals surface area contributed by atoms with Gasteiger partial charge in [-0.05, 0) is 54.8 Å². The van der Waals surface area contributed by atoms with Crippen molar-refractivity contribution in [2.24, 2.45) is 0 Å². The summed E-state index contributed by atoms with van der Waals surface area (Å²) in [5, 5.41) is 11.6. The van der Waals surface area contributed by atoms with Crippen molar-refractivity contribution in [1.82, 2.24) is 0 Å². The lowest BCUT2D eigenvalue weighted by atomic mass is 10.1. The van der Waals surface area contributed by atoms with E-state index in [-0.39, 0.29) is 11.5 Å². The molecule has 2 N–H and O–H groups in total. The summed E-state index contributed by atoms with van der Waals surface area (Å²) in [4.78, 5) is 23.8. The highest BCUT2D eigenvalue weighted by molar-refractivity contribution is 7.98. The van der Waals surface area contributed by atoms with Crippen molar-refractivity contribution in [3.8, 4) is 0 Å². The van der Waals surface area contributed by atoms with Gasteiger partial charge >= 0.3 is 5.97 Å². The van der Waals surface area contributed by atoms with Gasteiger partial charge in [-0.15, -0.1) is 11.8 Å². The van der Waals surface area contributed by atoms with Gasteiger partial charge in [0.1, 0.15) is 0 Å². The molecule has 102 valence electrons. The fraction of sp³-hybridized carbons (Fsp3) is 0.0667. The van der Waals surface area contributed by atoms with Gasteiger partial charge in [0, 0.05) is 16.1 Å². The fourth-order valence-electron chi connectivity index (χ4n) is 1.64. The summed E-state index contributed by atoms with van der Waals surface area (Å²) in [6.07, 6.45) is 1.98. The second kappa shape index (κ2) is 6.25. The smallest absolute Gasteiger partial charge is 0.335 e. The number of thioether (sulfide) groups is 1. The van der Waals surface area contributed by atoms with Crippen LogP contribution in [0.25, 0.3) is 0 Å². The quantitative estimate of drug-likeness (QED) is 0.846. The van der Waals surface area contributed by atoms with Crippen LogP contribution in [0, 0.1) is 0 Å². The number of carbonyl (C=O) groups excluding carboxylic acids is 1. The normalized spacial score (nSPS) is 10.1. The number of hydrogen-bond donors (Lipinski definition) is 2. The van der Waals surface area contributed by atoms with E-state index in [4.69, 9.17) is 5.11 Å². The van der Waals surface area contributed by atoms with E-state index in [0.717, 1.165) is 4.90 Å². The Kier molecular flexibility index (Phi) is 4.42. The van der Waals surface area contributed by atoms with Gasteiger partial charge in [0.2, 0.25) is 0 Å². The Hall–Kier alpha value is -2.27. The van der Waals surface area contributed by atoms with Crippen molar-refractivity contribution in [1.29, 1.82) is 0 Å². The van der Waals surface area contributed by atoms with E-state index in [2.05, 4.69) is 5.32 Å². The van der Waals surface area contributed by atoms with Crippen LogP contribution in [-0.2, 0) is 0 Å². The predicted molar refractivity (Wildman–Crippen MR) is 79.6 cm³/mol. The number of benzene rings is 2. The Labute approximate surface area is 120 Å². The third kappa shape index (κ3) is 3.39. The molecule has 0 aliphatic carbocycles. The van der Waals surface area contributed by atoms with Gasteiger partial charge in [0.15, 0.2) is 0 Å². The van der Waals surface area contributed by atoms with Crippen LogP contribution in [0.4, 0.5) is 5.69 Å². The van der Waals surface area contributed by atoms with Gasteiger partial charge in [0.25, 0.3) is 5.91 Å². The third-order valence-electron chi connectivity index (χ3n) is 2.74. The minimum absolute atomic E-state index is 0.158. The molecule has 2 aromatic carbocycles. The maximum absolute atomic E-state index is 12.0. The minimum atomic E-state index is -1.01. The van der Waals surface area contributed by atoms with E-state index < -0.39 is 5.97 Å². The number of anilines is 1. The second-order valence-corrected chi connectivity index (χ2v) is 4.94. The summed E-state index contributed by atoms with van der Waals surface area (Å²) in [7, 11) is 0. The molecule has 0 aromatic heterocycles. The van der Waals surface area contributed by atoms with Crippen molar-refractivity contribution in [2.45, 2.75) is 4.90 Å². The molecular weight excluding hydrogens is 274 g/mol. The van der Waals surface area contributed by atoms with Gasteiger partial charge in [-0.1, -0.05) is 0 Å². The van der Waals surface area contributed by atoms with Crippen LogP contribution in [0.3, 0.4) is 0 Å². The molecule has 0 unspecified atom stereocenters. The van der Waals surface area contributed by atoms with Crippen LogP contribution in [0.1, 0.15) is 20.7 Å². The van der Waals surface area contributed by atoms with Crippen molar-refractivity contribution in [2.75, 3.05) is 11.6 Å². The SMILES string of the molecule is CSc1ccc(NC(=O)c2ccc(C(=O)O)cc2)cc1. The number of carboxylic acid groups (broad SMARTS) is 1. The topological polar surface area (TPSA) is 66.4 Å². The number of carbonyl (C=O) groups is 2. The van der Waals surface area contributed by atoms with Gasteiger partial charge in [-0.2, -0.15) is 0 Å². The first-order valence-corrected chi connectivity index (χ1v) is 7.11. The predicted octanol–water partition coefficient (Wildman–Crippen LogP) is 3.36. The van der Waals surface area contributed by atoms with Crippen LogP contribution in [0.2, 0.25) is 0 Å². The zero-order chi connectivity index (χ0) is 14.5. The molecule has 0 bridgehead atoms. The summed E-state index contributed by atoms with van der Waals surface area (Å²) in [5.74, 6) is -1.27. The number of aromatic carboxylic acids is 1. The Balaban J connectivity index is 2.08. The molecule has 0 aliphatic rings. The summed E-state index contributed by atoms with van der Waals surface area (Å²) in [6.45, 7) is 0. The van der Waals surface area contributed by atoms with Crippen LogP contribution < -0.4 is 5.32 Å². The average molecular weight is 287 g/mol. The lowest BCUT2D eigenvalue weighted by Crippen LogP contribution is -2.12. The van der Waals surface area contributed by atoms with Gasteiger partial charge in [0.05, 0.1) is 5.56 Å². The lowest BCUT2D eigenvalue weighted by molar-refractivity contribution is 0.0696. The van der Waals surface area contributed by atoms with E-state index in [1.54, 1.807) is 11.8 Å². The molecule has 0 radical (unpaired) electrons. The minimum Gasteiger partial charge on any atom is -0.478 e. The molecule has 0 fully saturated rings. The van der Waals surface area contributed by atoms with E-state index >= 15 is 0 Å². The maximum Gasteiger partial charge on any atom is 0.335 e. The Morgan fingerprint density at radius 3 is 2.00 bits per heavy atom. The van der Waals surface area contributed by atoms with Crippen LogP contribution in [0.15, 0.2) is 53.4 Å². The standard InChI is InChI=1S/C15H13NO3S/c1-20-13-8-6-12(7-9-13)16-14(17)10-2-4-11(5-3-10)15(18)19/h2-9H,1H3,(H,16,17)(H,18,19). The average Bonchev–Trinajstić information content (AvgIpc) is 2.48. The first kappa shape index (κ1) is 14.1. The Morgan fingerprint density at radius 1 is 0.950 bits per heavy atom. The molecule has 20 heavy (non-hydrogen) atoms. The molecule has 0 saturated heterocycles. The number of carboxylic acids is 1. The fourth-order valence-corrected chi connectivity index (χ4v) is 2.05. The third-order valence-corrected chi connectivity index (χ3v) is 3.49. The van der Waals surface area contributed by atoms with Crippen molar-refractivity contribution < 1.29 is 14.7 Å². The van der Waals surface area contributed by atoms with Crippen molar-refractivity contribution in [3.63, 3.8) is 0 Å². The van der Waals surface area contributed by atoms with Gasteiger partial charge in [-0.25, -0.2) is 4.79 Å². The molecule has 2 aromatic rings. The van der Waals surface area contributed by atoms with Crippen LogP contribution >= 0.6 is 11.8 Å². The summed E-state index contributed by atoms with van der Waals surface area (Å²) < 4.78 is 0. The van der Waals surface area contributed by atoms with E-state index in [1.807, 2.05) is 30.5 Å². The molecule has 5 heteroatoms. The molecule has 2 rings (SSSR count). The number of amides is 1. The van der Waals surface area contributed by atoms with Crippen molar-refractivity contribution >= 4 is 29.3 Å². The molecule has 1 amide bonds. The van der Waals surface area contributed by atoms with Crippen molar-refractivity contribution in [3.05, 3.63) is 59.7 Å². The Bertz CT molecular complexity index is 621. The largest absolute Gasteiger partial charge is 0.478 e. The molecule has 0 atom stereocenters. The molecular formula is C15H13NO3S. The number of nitrogens with one attached hydrogen (secondary N) is 1. The highest BCUT2D eigenvalue weighted by Crippen LogP contribution is 2.18. The lowest BCUT2D eigenvalue weighted by Gasteiger charge is -2.06. The highest BCUT2D eigenvalue weighted by Gasteiger charge is 2.08. The summed E-state index contributed by atoms with van der Waals surface area (Å²) in [5.41, 5.74) is 1.28. The Morgan fingerprint density at radius 2 is 1.50 bits per heavy atom. The maximum atomic E-state index is 12.0.